The van der Waals surface area contributed by atoms with Crippen LogP contribution in [0.1, 0.15) is 48.9 Å². The van der Waals surface area contributed by atoms with Crippen LogP contribution in [0.15, 0.2) is 36.4 Å². The van der Waals surface area contributed by atoms with Gasteiger partial charge in [0.15, 0.2) is 0 Å². The van der Waals surface area contributed by atoms with Crippen LogP contribution in [-0.2, 0) is 35.3 Å². The number of hydrogen-bond acceptors (Lipinski definition) is 3. The predicted octanol–water partition coefficient (Wildman–Crippen LogP) is 4.64. The van der Waals surface area contributed by atoms with Crippen molar-refractivity contribution in [2.75, 3.05) is 0 Å². The minimum atomic E-state index is -0.821. The molecule has 144 valence electrons. The molecule has 0 fully saturated rings. The van der Waals surface area contributed by atoms with Crippen LogP contribution in [0.2, 0.25) is 0 Å². The number of carboxylic acids is 2. The Labute approximate surface area is 159 Å². The van der Waals surface area contributed by atoms with Crippen molar-refractivity contribution in [1.82, 2.24) is 0 Å². The molecule has 0 aromatic heterocycles. The molecule has 0 radical (unpaired) electrons. The Morgan fingerprint density at radius 2 is 1.07 bits per heavy atom. The minimum Gasteiger partial charge on any atom is -0.481 e. The summed E-state index contributed by atoms with van der Waals surface area (Å²) in [6, 6.07) is 11.7. The zero-order valence-corrected chi connectivity index (χ0v) is 15.8. The van der Waals surface area contributed by atoms with E-state index < -0.39 is 11.9 Å². The molecule has 5 heteroatoms. The highest BCUT2D eigenvalue weighted by Crippen LogP contribution is 2.27. The second-order valence-electron chi connectivity index (χ2n) is 6.57. The predicted molar refractivity (Wildman–Crippen MR) is 104 cm³/mol. The summed E-state index contributed by atoms with van der Waals surface area (Å²) >= 11 is 0. The number of aliphatic carboxylic acids is 2. The molecule has 0 aliphatic heterocycles. The van der Waals surface area contributed by atoms with Crippen LogP contribution < -0.4 is 4.74 Å². The van der Waals surface area contributed by atoms with Crippen LogP contribution >= 0.6 is 0 Å². The number of benzene rings is 2. The normalized spacial score (nSPS) is 10.6. The summed E-state index contributed by atoms with van der Waals surface area (Å²) < 4.78 is 6.06. The fraction of sp³-hybridized carbons (Fsp3) is 0.364. The molecule has 2 N–H and O–H groups in total. The van der Waals surface area contributed by atoms with Gasteiger partial charge in [-0.15, -0.1) is 0 Å². The van der Waals surface area contributed by atoms with Gasteiger partial charge in [-0.05, 0) is 72.2 Å². The van der Waals surface area contributed by atoms with Crippen LogP contribution in [-0.4, -0.2) is 22.2 Å². The molecule has 27 heavy (non-hydrogen) atoms. The van der Waals surface area contributed by atoms with E-state index in [0.717, 1.165) is 35.1 Å². The fourth-order valence-corrected chi connectivity index (χ4v) is 2.91. The molecular weight excluding hydrogens is 344 g/mol. The third-order valence-corrected chi connectivity index (χ3v) is 4.36. The number of carbonyl (C=O) groups is 2. The van der Waals surface area contributed by atoms with E-state index in [4.69, 9.17) is 14.9 Å². The Morgan fingerprint density at radius 3 is 1.41 bits per heavy atom. The Hall–Kier alpha value is -2.82. The van der Waals surface area contributed by atoms with Gasteiger partial charge < -0.3 is 14.9 Å². The quantitative estimate of drug-likeness (QED) is 0.636. The van der Waals surface area contributed by atoms with E-state index in [0.29, 0.717) is 24.3 Å². The Morgan fingerprint density at radius 1 is 0.704 bits per heavy atom. The van der Waals surface area contributed by atoms with E-state index in [1.807, 2.05) is 50.2 Å². The summed E-state index contributed by atoms with van der Waals surface area (Å²) in [7, 11) is 0. The van der Waals surface area contributed by atoms with Crippen molar-refractivity contribution in [3.63, 3.8) is 0 Å². The van der Waals surface area contributed by atoms with E-state index in [1.54, 1.807) is 0 Å². The molecule has 2 aromatic carbocycles. The van der Waals surface area contributed by atoms with Gasteiger partial charge in [-0.1, -0.05) is 26.0 Å². The molecule has 0 aliphatic carbocycles. The minimum absolute atomic E-state index is 0.0806. The molecule has 0 aliphatic rings. The molecule has 0 atom stereocenters. The summed E-state index contributed by atoms with van der Waals surface area (Å²) in [5, 5.41) is 17.8. The summed E-state index contributed by atoms with van der Waals surface area (Å²) in [5.74, 6) is -0.296. The first-order valence-corrected chi connectivity index (χ1v) is 9.26. The van der Waals surface area contributed by atoms with Gasteiger partial charge in [0, 0.05) is 12.8 Å². The Kier molecular flexibility index (Phi) is 7.41. The maximum Gasteiger partial charge on any atom is 0.303 e. The number of carboxylic acid groups (broad SMARTS) is 2. The maximum atomic E-state index is 10.8. The van der Waals surface area contributed by atoms with Crippen LogP contribution in [0.5, 0.6) is 11.5 Å². The van der Waals surface area contributed by atoms with Gasteiger partial charge in [0.05, 0.1) is 0 Å². The molecule has 0 bridgehead atoms. The van der Waals surface area contributed by atoms with Crippen molar-refractivity contribution in [3.05, 3.63) is 58.7 Å². The molecule has 0 heterocycles. The number of rotatable bonds is 10. The Balaban J connectivity index is 2.26. The molecule has 0 amide bonds. The van der Waals surface area contributed by atoms with Crippen LogP contribution in [0.3, 0.4) is 0 Å². The zero-order valence-electron chi connectivity index (χ0n) is 15.8. The summed E-state index contributed by atoms with van der Waals surface area (Å²) in [6.45, 7) is 4.09. The lowest BCUT2D eigenvalue weighted by Gasteiger charge is -2.13. The molecule has 0 unspecified atom stereocenters. The van der Waals surface area contributed by atoms with Gasteiger partial charge in [-0.2, -0.15) is 0 Å². The van der Waals surface area contributed by atoms with E-state index in [2.05, 4.69) is 0 Å². The number of ether oxygens (including phenoxy) is 1. The van der Waals surface area contributed by atoms with Gasteiger partial charge >= 0.3 is 11.9 Å². The second kappa shape index (κ2) is 9.76. The van der Waals surface area contributed by atoms with Gasteiger partial charge in [0.1, 0.15) is 11.5 Å². The summed E-state index contributed by atoms with van der Waals surface area (Å²) in [5.41, 5.74) is 4.05. The second-order valence-corrected chi connectivity index (χ2v) is 6.57. The molecule has 0 saturated heterocycles. The molecule has 2 rings (SSSR count). The van der Waals surface area contributed by atoms with Gasteiger partial charge in [0.25, 0.3) is 0 Å². The average molecular weight is 370 g/mol. The van der Waals surface area contributed by atoms with Gasteiger partial charge in [0.2, 0.25) is 0 Å². The third kappa shape index (κ3) is 6.77. The fourth-order valence-electron chi connectivity index (χ4n) is 2.91. The van der Waals surface area contributed by atoms with E-state index in [9.17, 15) is 9.59 Å². The first-order chi connectivity index (χ1) is 12.9. The van der Waals surface area contributed by atoms with E-state index >= 15 is 0 Å². The molecule has 0 saturated carbocycles. The lowest BCUT2D eigenvalue weighted by atomic mass is 10.0. The first-order valence-electron chi connectivity index (χ1n) is 9.26. The standard InChI is InChI=1S/C22H26O5/c1-3-15-9-17(5-7-21(23)24)13-19(11-15)27-20-12-16(4-2)10-18(14-20)6-8-22(25)26/h9-14H,3-8H2,1-2H3,(H,23,24)(H,25,26). The van der Waals surface area contributed by atoms with Crippen LogP contribution in [0, 0.1) is 0 Å². The first kappa shape index (κ1) is 20.5. The monoisotopic (exact) mass is 370 g/mol. The zero-order chi connectivity index (χ0) is 19.8. The molecule has 0 spiro atoms. The van der Waals surface area contributed by atoms with Crippen LogP contribution in [0.4, 0.5) is 0 Å². The smallest absolute Gasteiger partial charge is 0.303 e. The van der Waals surface area contributed by atoms with Crippen LogP contribution in [0.25, 0.3) is 0 Å². The van der Waals surface area contributed by atoms with E-state index in [1.165, 1.54) is 0 Å². The lowest BCUT2D eigenvalue weighted by Crippen LogP contribution is -2.00. The molecular formula is C22H26O5. The maximum absolute atomic E-state index is 10.8. The van der Waals surface area contributed by atoms with Crippen molar-refractivity contribution < 1.29 is 24.5 Å². The number of hydrogen-bond donors (Lipinski definition) is 2. The summed E-state index contributed by atoms with van der Waals surface area (Å²) in [4.78, 5) is 21.7. The van der Waals surface area contributed by atoms with Crippen molar-refractivity contribution in [2.24, 2.45) is 0 Å². The largest absolute Gasteiger partial charge is 0.481 e. The molecule has 2 aromatic rings. The van der Waals surface area contributed by atoms with Gasteiger partial charge in [-0.3, -0.25) is 9.59 Å². The highest BCUT2D eigenvalue weighted by atomic mass is 16.5. The number of aryl methyl sites for hydroxylation is 4. The van der Waals surface area contributed by atoms with E-state index in [-0.39, 0.29) is 12.8 Å². The highest BCUT2D eigenvalue weighted by molar-refractivity contribution is 5.67. The van der Waals surface area contributed by atoms with Gasteiger partial charge in [-0.25, -0.2) is 0 Å². The summed E-state index contributed by atoms with van der Waals surface area (Å²) in [6.07, 6.45) is 2.73. The topological polar surface area (TPSA) is 83.8 Å². The lowest BCUT2D eigenvalue weighted by molar-refractivity contribution is -0.138. The SMILES string of the molecule is CCc1cc(CCC(=O)O)cc(Oc2cc(CC)cc(CCC(=O)O)c2)c1. The van der Waals surface area contributed by atoms with Crippen molar-refractivity contribution in [2.45, 2.75) is 52.4 Å². The van der Waals surface area contributed by atoms with Crippen molar-refractivity contribution in [1.29, 1.82) is 0 Å². The molecule has 5 nitrogen and oxygen atoms in total. The van der Waals surface area contributed by atoms with Crippen molar-refractivity contribution >= 4 is 11.9 Å². The average Bonchev–Trinajstić information content (AvgIpc) is 2.64. The Bertz CT molecular complexity index is 743. The highest BCUT2D eigenvalue weighted by Gasteiger charge is 2.08. The third-order valence-electron chi connectivity index (χ3n) is 4.36. The van der Waals surface area contributed by atoms with Crippen molar-refractivity contribution in [3.8, 4) is 11.5 Å².